The molecule has 0 saturated heterocycles. The molecule has 1 aromatic rings. The van der Waals surface area contributed by atoms with Crippen LogP contribution in [0, 0.1) is 0 Å². The second kappa shape index (κ2) is 6.59. The Bertz CT molecular complexity index is 431. The average Bonchev–Trinajstić information content (AvgIpc) is 2.67. The van der Waals surface area contributed by atoms with Crippen molar-refractivity contribution in [1.82, 2.24) is 0 Å². The van der Waals surface area contributed by atoms with Crippen LogP contribution < -0.4 is 10.6 Å². The van der Waals surface area contributed by atoms with Crippen molar-refractivity contribution >= 4 is 5.69 Å². The SMILES string of the molecule is COC(C)(C)CC(CN)N1CCCCc2ccccc21. The first-order valence-electron chi connectivity index (χ1n) is 7.67. The Kier molecular flexibility index (Phi) is 5.06. The Labute approximate surface area is 123 Å². The zero-order valence-corrected chi connectivity index (χ0v) is 13.1. The Hall–Kier alpha value is -1.06. The van der Waals surface area contributed by atoms with Gasteiger partial charge < -0.3 is 15.4 Å². The fourth-order valence-electron chi connectivity index (χ4n) is 3.07. The van der Waals surface area contributed by atoms with E-state index >= 15 is 0 Å². The lowest BCUT2D eigenvalue weighted by Gasteiger charge is -2.37. The van der Waals surface area contributed by atoms with Gasteiger partial charge in [-0.15, -0.1) is 0 Å². The Morgan fingerprint density at radius 3 is 2.75 bits per heavy atom. The van der Waals surface area contributed by atoms with Crippen molar-refractivity contribution in [2.75, 3.05) is 25.1 Å². The van der Waals surface area contributed by atoms with Gasteiger partial charge in [-0.2, -0.15) is 0 Å². The molecule has 0 bridgehead atoms. The number of aryl methyl sites for hydroxylation is 1. The lowest BCUT2D eigenvalue weighted by molar-refractivity contribution is 0.0101. The molecule has 0 aliphatic carbocycles. The summed E-state index contributed by atoms with van der Waals surface area (Å²) in [5.41, 5.74) is 8.77. The van der Waals surface area contributed by atoms with Crippen LogP contribution in [0.3, 0.4) is 0 Å². The smallest absolute Gasteiger partial charge is 0.0642 e. The minimum absolute atomic E-state index is 0.134. The summed E-state index contributed by atoms with van der Waals surface area (Å²) >= 11 is 0. The molecule has 0 saturated carbocycles. The van der Waals surface area contributed by atoms with E-state index in [9.17, 15) is 0 Å². The van der Waals surface area contributed by atoms with Crippen LogP contribution in [-0.4, -0.2) is 31.8 Å². The van der Waals surface area contributed by atoms with Gasteiger partial charge in [0.2, 0.25) is 0 Å². The van der Waals surface area contributed by atoms with E-state index in [1.54, 1.807) is 7.11 Å². The van der Waals surface area contributed by atoms with Gasteiger partial charge in [0.25, 0.3) is 0 Å². The molecule has 2 rings (SSSR count). The van der Waals surface area contributed by atoms with Crippen molar-refractivity contribution in [3.8, 4) is 0 Å². The summed E-state index contributed by atoms with van der Waals surface area (Å²) < 4.78 is 5.60. The van der Waals surface area contributed by atoms with Gasteiger partial charge in [0, 0.05) is 31.9 Å². The van der Waals surface area contributed by atoms with Crippen LogP contribution in [0.5, 0.6) is 0 Å². The minimum Gasteiger partial charge on any atom is -0.379 e. The highest BCUT2D eigenvalue weighted by Crippen LogP contribution is 2.30. The third-order valence-corrected chi connectivity index (χ3v) is 4.39. The summed E-state index contributed by atoms with van der Waals surface area (Å²) in [7, 11) is 1.78. The average molecular weight is 276 g/mol. The number of para-hydroxylation sites is 1. The number of nitrogens with two attached hydrogens (primary N) is 1. The third kappa shape index (κ3) is 3.53. The van der Waals surface area contributed by atoms with Gasteiger partial charge in [-0.05, 0) is 51.2 Å². The van der Waals surface area contributed by atoms with E-state index in [1.807, 2.05) is 0 Å². The van der Waals surface area contributed by atoms with Crippen LogP contribution in [0.4, 0.5) is 5.69 Å². The van der Waals surface area contributed by atoms with E-state index < -0.39 is 0 Å². The van der Waals surface area contributed by atoms with Crippen LogP contribution >= 0.6 is 0 Å². The first-order chi connectivity index (χ1) is 9.57. The van der Waals surface area contributed by atoms with E-state index in [-0.39, 0.29) is 5.60 Å². The first kappa shape index (κ1) is 15.3. The van der Waals surface area contributed by atoms with Gasteiger partial charge in [0.05, 0.1) is 5.60 Å². The lowest BCUT2D eigenvalue weighted by atomic mass is 9.96. The number of nitrogens with zero attached hydrogens (tertiary/aromatic N) is 1. The van der Waals surface area contributed by atoms with Gasteiger partial charge in [0.15, 0.2) is 0 Å². The molecule has 1 aromatic carbocycles. The van der Waals surface area contributed by atoms with E-state index in [4.69, 9.17) is 10.5 Å². The Morgan fingerprint density at radius 2 is 2.05 bits per heavy atom. The predicted octanol–water partition coefficient (Wildman–Crippen LogP) is 2.97. The van der Waals surface area contributed by atoms with Crippen molar-refractivity contribution in [2.24, 2.45) is 5.73 Å². The Morgan fingerprint density at radius 1 is 1.30 bits per heavy atom. The monoisotopic (exact) mass is 276 g/mol. The largest absolute Gasteiger partial charge is 0.379 e. The number of anilines is 1. The molecule has 1 aliphatic heterocycles. The van der Waals surface area contributed by atoms with Crippen molar-refractivity contribution in [2.45, 2.75) is 51.2 Å². The molecule has 2 N–H and O–H groups in total. The third-order valence-electron chi connectivity index (χ3n) is 4.39. The molecule has 0 spiro atoms. The fourth-order valence-corrected chi connectivity index (χ4v) is 3.07. The first-order valence-corrected chi connectivity index (χ1v) is 7.67. The molecule has 0 amide bonds. The summed E-state index contributed by atoms with van der Waals surface area (Å²) in [5, 5.41) is 0. The molecule has 0 radical (unpaired) electrons. The predicted molar refractivity (Wildman–Crippen MR) is 85.3 cm³/mol. The topological polar surface area (TPSA) is 38.5 Å². The normalized spacial score (nSPS) is 17.5. The number of benzene rings is 1. The van der Waals surface area contributed by atoms with E-state index in [0.29, 0.717) is 12.6 Å². The van der Waals surface area contributed by atoms with Crippen molar-refractivity contribution in [1.29, 1.82) is 0 Å². The van der Waals surface area contributed by atoms with Crippen LogP contribution in [0.15, 0.2) is 24.3 Å². The van der Waals surface area contributed by atoms with E-state index in [2.05, 4.69) is 43.0 Å². The van der Waals surface area contributed by atoms with Crippen molar-refractivity contribution in [3.63, 3.8) is 0 Å². The van der Waals surface area contributed by atoms with Crippen LogP contribution in [0.2, 0.25) is 0 Å². The minimum atomic E-state index is -0.134. The molecule has 0 fully saturated rings. The van der Waals surface area contributed by atoms with Crippen molar-refractivity contribution < 1.29 is 4.74 Å². The van der Waals surface area contributed by atoms with Gasteiger partial charge in [-0.25, -0.2) is 0 Å². The van der Waals surface area contributed by atoms with Crippen molar-refractivity contribution in [3.05, 3.63) is 29.8 Å². The highest BCUT2D eigenvalue weighted by molar-refractivity contribution is 5.55. The molecule has 3 nitrogen and oxygen atoms in total. The number of rotatable bonds is 5. The maximum atomic E-state index is 6.08. The molecule has 112 valence electrons. The quantitative estimate of drug-likeness (QED) is 0.898. The van der Waals surface area contributed by atoms with E-state index in [1.165, 1.54) is 30.5 Å². The zero-order valence-electron chi connectivity index (χ0n) is 13.1. The van der Waals surface area contributed by atoms with Crippen LogP contribution in [0.25, 0.3) is 0 Å². The number of fused-ring (bicyclic) bond motifs is 1. The van der Waals surface area contributed by atoms with Gasteiger partial charge >= 0.3 is 0 Å². The molecular formula is C17H28N2O. The molecule has 20 heavy (non-hydrogen) atoms. The maximum Gasteiger partial charge on any atom is 0.0642 e. The molecule has 1 unspecified atom stereocenters. The van der Waals surface area contributed by atoms with Crippen LogP contribution in [0.1, 0.15) is 38.7 Å². The summed E-state index contributed by atoms with van der Waals surface area (Å²) in [6.45, 7) is 6.04. The fraction of sp³-hybridized carbons (Fsp3) is 0.647. The second-order valence-corrected chi connectivity index (χ2v) is 6.34. The lowest BCUT2D eigenvalue weighted by Crippen LogP contribution is -2.46. The number of hydrogen-bond donors (Lipinski definition) is 1. The standard InChI is InChI=1S/C17H28N2O/c1-17(2,20-3)12-15(13-18)19-11-7-6-9-14-8-4-5-10-16(14)19/h4-5,8,10,15H,6-7,9,11-13,18H2,1-3H3. The number of ether oxygens (including phenoxy) is 1. The highest BCUT2D eigenvalue weighted by atomic mass is 16.5. The van der Waals surface area contributed by atoms with Crippen LogP contribution in [-0.2, 0) is 11.2 Å². The Balaban J connectivity index is 2.25. The molecule has 1 atom stereocenters. The molecule has 3 heteroatoms. The second-order valence-electron chi connectivity index (χ2n) is 6.34. The molecule has 1 heterocycles. The summed E-state index contributed by atoms with van der Waals surface area (Å²) in [5.74, 6) is 0. The summed E-state index contributed by atoms with van der Waals surface area (Å²) in [6, 6.07) is 9.10. The van der Waals surface area contributed by atoms with Gasteiger partial charge in [0.1, 0.15) is 0 Å². The number of methoxy groups -OCH3 is 1. The number of hydrogen-bond acceptors (Lipinski definition) is 3. The van der Waals surface area contributed by atoms with Gasteiger partial charge in [-0.3, -0.25) is 0 Å². The summed E-state index contributed by atoms with van der Waals surface area (Å²) in [4.78, 5) is 2.50. The highest BCUT2D eigenvalue weighted by Gasteiger charge is 2.28. The summed E-state index contributed by atoms with van der Waals surface area (Å²) in [6.07, 6.45) is 4.63. The zero-order chi connectivity index (χ0) is 14.6. The molecule has 0 aromatic heterocycles. The molecule has 1 aliphatic rings. The molecular weight excluding hydrogens is 248 g/mol. The maximum absolute atomic E-state index is 6.08. The van der Waals surface area contributed by atoms with E-state index in [0.717, 1.165) is 13.0 Å². The van der Waals surface area contributed by atoms with Gasteiger partial charge in [-0.1, -0.05) is 18.2 Å².